The minimum Gasteiger partial charge on any atom is -0.368 e. The molecule has 1 saturated carbocycles. The van der Waals surface area contributed by atoms with Gasteiger partial charge in [-0.05, 0) is 45.6 Å². The number of hydrogen-bond acceptors (Lipinski definition) is 3. The van der Waals surface area contributed by atoms with Crippen LogP contribution >= 0.6 is 0 Å². The second-order valence-corrected chi connectivity index (χ2v) is 6.23. The van der Waals surface area contributed by atoms with E-state index in [2.05, 4.69) is 5.32 Å². The van der Waals surface area contributed by atoms with Gasteiger partial charge >= 0.3 is 6.18 Å². The Balaban J connectivity index is 2.93. The first-order valence-electron chi connectivity index (χ1n) is 7.47. The zero-order valence-corrected chi connectivity index (χ0v) is 13.0. The highest BCUT2D eigenvalue weighted by atomic mass is 19.4. The largest absolute Gasteiger partial charge is 0.401 e. The van der Waals surface area contributed by atoms with Crippen LogP contribution in [0.5, 0.6) is 0 Å². The number of alkyl halides is 3. The summed E-state index contributed by atoms with van der Waals surface area (Å²) in [5, 5.41) is 3.15. The predicted octanol–water partition coefficient (Wildman–Crippen LogP) is 1.89. The van der Waals surface area contributed by atoms with Crippen molar-refractivity contribution in [3.05, 3.63) is 0 Å². The van der Waals surface area contributed by atoms with Crippen LogP contribution in [0.2, 0.25) is 0 Å². The Bertz CT molecular complexity index is 356. The molecule has 7 heteroatoms. The molecule has 0 saturated heterocycles. The summed E-state index contributed by atoms with van der Waals surface area (Å²) in [7, 11) is 0. The number of carbonyl (C=O) groups is 1. The van der Waals surface area contributed by atoms with Gasteiger partial charge in [0.15, 0.2) is 0 Å². The van der Waals surface area contributed by atoms with Crippen LogP contribution in [0.1, 0.15) is 40.0 Å². The minimum absolute atomic E-state index is 0.0124. The van der Waals surface area contributed by atoms with Crippen molar-refractivity contribution in [2.24, 2.45) is 11.7 Å². The van der Waals surface area contributed by atoms with E-state index in [4.69, 9.17) is 5.73 Å². The normalized spacial score (nSPS) is 19.0. The van der Waals surface area contributed by atoms with E-state index in [0.717, 1.165) is 12.8 Å². The maximum absolute atomic E-state index is 12.7. The van der Waals surface area contributed by atoms with Gasteiger partial charge in [-0.2, -0.15) is 13.2 Å². The number of nitrogens with one attached hydrogen (secondary N) is 1. The van der Waals surface area contributed by atoms with Crippen LogP contribution in [0.25, 0.3) is 0 Å². The van der Waals surface area contributed by atoms with Crippen LogP contribution in [-0.4, -0.2) is 48.2 Å². The smallest absolute Gasteiger partial charge is 0.368 e. The second kappa shape index (κ2) is 6.96. The summed E-state index contributed by atoms with van der Waals surface area (Å²) >= 11 is 0. The van der Waals surface area contributed by atoms with Crippen molar-refractivity contribution in [3.8, 4) is 0 Å². The number of carbonyl (C=O) groups excluding carboxylic acids is 1. The van der Waals surface area contributed by atoms with E-state index in [9.17, 15) is 18.0 Å². The lowest BCUT2D eigenvalue weighted by Gasteiger charge is -2.38. The number of rotatable bonds is 9. The Morgan fingerprint density at radius 3 is 2.24 bits per heavy atom. The van der Waals surface area contributed by atoms with Crippen LogP contribution in [0.4, 0.5) is 13.2 Å². The molecule has 1 atom stereocenters. The molecule has 0 aliphatic heterocycles. The fourth-order valence-corrected chi connectivity index (χ4v) is 2.87. The Morgan fingerprint density at radius 1 is 1.33 bits per heavy atom. The molecule has 1 unspecified atom stereocenters. The highest BCUT2D eigenvalue weighted by Gasteiger charge is 2.51. The fraction of sp³-hybridized carbons (Fsp3) is 0.929. The van der Waals surface area contributed by atoms with E-state index in [1.807, 2.05) is 20.8 Å². The van der Waals surface area contributed by atoms with Gasteiger partial charge in [-0.3, -0.25) is 15.0 Å². The monoisotopic (exact) mass is 309 g/mol. The van der Waals surface area contributed by atoms with Gasteiger partial charge in [0.1, 0.15) is 5.54 Å². The Morgan fingerprint density at radius 2 is 1.90 bits per heavy atom. The third-order valence-electron chi connectivity index (χ3n) is 3.68. The Labute approximate surface area is 124 Å². The number of nitrogens with two attached hydrogens (primary N) is 1. The fourth-order valence-electron chi connectivity index (χ4n) is 2.87. The molecule has 0 aromatic carbocycles. The Kier molecular flexibility index (Phi) is 6.04. The number of primary amides is 1. The Hall–Kier alpha value is -0.820. The lowest BCUT2D eigenvalue weighted by molar-refractivity contribution is -0.151. The molecule has 124 valence electrons. The maximum atomic E-state index is 12.7. The van der Waals surface area contributed by atoms with Crippen molar-refractivity contribution in [3.63, 3.8) is 0 Å². The zero-order chi connectivity index (χ0) is 16.3. The molecule has 0 radical (unpaired) electrons. The van der Waals surface area contributed by atoms with Crippen LogP contribution < -0.4 is 11.1 Å². The van der Waals surface area contributed by atoms with E-state index >= 15 is 0 Å². The molecule has 3 N–H and O–H groups in total. The van der Waals surface area contributed by atoms with Crippen molar-refractivity contribution in [1.29, 1.82) is 0 Å². The molecule has 0 heterocycles. The van der Waals surface area contributed by atoms with Gasteiger partial charge < -0.3 is 5.73 Å². The first-order valence-corrected chi connectivity index (χ1v) is 7.47. The summed E-state index contributed by atoms with van der Waals surface area (Å²) < 4.78 is 38.1. The van der Waals surface area contributed by atoms with Gasteiger partial charge in [-0.15, -0.1) is 0 Å². The number of halogens is 3. The summed E-state index contributed by atoms with van der Waals surface area (Å²) in [4.78, 5) is 13.3. The van der Waals surface area contributed by atoms with E-state index in [1.165, 1.54) is 4.90 Å². The maximum Gasteiger partial charge on any atom is 0.401 e. The summed E-state index contributed by atoms with van der Waals surface area (Å²) in [6.07, 6.45) is -2.03. The van der Waals surface area contributed by atoms with Gasteiger partial charge in [0.25, 0.3) is 0 Å². The van der Waals surface area contributed by atoms with E-state index in [1.54, 1.807) is 0 Å². The number of nitrogens with zero attached hydrogens (tertiary/aromatic N) is 1. The SMILES string of the molecule is CCCN(CC(F)(F)F)CC(NC(C)C)(C(N)=O)C1CC1. The molecule has 0 bridgehead atoms. The van der Waals surface area contributed by atoms with Gasteiger partial charge in [0, 0.05) is 12.6 Å². The first kappa shape index (κ1) is 18.2. The molecule has 0 spiro atoms. The summed E-state index contributed by atoms with van der Waals surface area (Å²) in [6, 6.07) is -0.0209. The minimum atomic E-state index is -4.28. The van der Waals surface area contributed by atoms with Crippen LogP contribution in [0.3, 0.4) is 0 Å². The van der Waals surface area contributed by atoms with Crippen molar-refractivity contribution in [2.45, 2.75) is 57.8 Å². The van der Waals surface area contributed by atoms with Crippen molar-refractivity contribution in [2.75, 3.05) is 19.6 Å². The predicted molar refractivity (Wildman–Crippen MR) is 75.7 cm³/mol. The van der Waals surface area contributed by atoms with Gasteiger partial charge in [0.2, 0.25) is 5.91 Å². The molecular formula is C14H26F3N3O. The van der Waals surface area contributed by atoms with Gasteiger partial charge in [0.05, 0.1) is 6.54 Å². The summed E-state index contributed by atoms with van der Waals surface area (Å²) in [5.41, 5.74) is 4.50. The average Bonchev–Trinajstić information content (AvgIpc) is 3.08. The summed E-state index contributed by atoms with van der Waals surface area (Å²) in [6.45, 7) is 4.85. The topological polar surface area (TPSA) is 58.4 Å². The lowest BCUT2D eigenvalue weighted by Crippen LogP contribution is -2.65. The van der Waals surface area contributed by atoms with Crippen molar-refractivity contribution < 1.29 is 18.0 Å². The third kappa shape index (κ3) is 5.47. The quantitative estimate of drug-likeness (QED) is 0.684. The molecule has 1 aliphatic rings. The molecule has 1 fully saturated rings. The molecule has 0 aromatic heterocycles. The van der Waals surface area contributed by atoms with Gasteiger partial charge in [-0.25, -0.2) is 0 Å². The molecule has 0 aromatic rings. The van der Waals surface area contributed by atoms with E-state index in [0.29, 0.717) is 13.0 Å². The van der Waals surface area contributed by atoms with Crippen molar-refractivity contribution in [1.82, 2.24) is 10.2 Å². The molecule has 1 amide bonds. The number of hydrogen-bond donors (Lipinski definition) is 2. The van der Waals surface area contributed by atoms with Crippen molar-refractivity contribution >= 4 is 5.91 Å². The molecular weight excluding hydrogens is 283 g/mol. The second-order valence-electron chi connectivity index (χ2n) is 6.23. The van der Waals surface area contributed by atoms with Crippen LogP contribution in [0, 0.1) is 5.92 Å². The molecule has 21 heavy (non-hydrogen) atoms. The number of amides is 1. The lowest BCUT2D eigenvalue weighted by atomic mass is 9.90. The van der Waals surface area contributed by atoms with Gasteiger partial charge in [-0.1, -0.05) is 6.92 Å². The summed E-state index contributed by atoms with van der Waals surface area (Å²) in [5.74, 6) is -0.521. The average molecular weight is 309 g/mol. The van der Waals surface area contributed by atoms with Crippen LogP contribution in [-0.2, 0) is 4.79 Å². The van der Waals surface area contributed by atoms with E-state index in [-0.39, 0.29) is 18.5 Å². The molecule has 4 nitrogen and oxygen atoms in total. The highest BCUT2D eigenvalue weighted by molar-refractivity contribution is 5.86. The molecule has 1 rings (SSSR count). The molecule has 1 aliphatic carbocycles. The standard InChI is InChI=1S/C14H26F3N3O/c1-4-7-20(9-14(15,16)17)8-13(12(18)21,11-5-6-11)19-10(2)3/h10-11,19H,4-9H2,1-3H3,(H2,18,21). The zero-order valence-electron chi connectivity index (χ0n) is 13.0. The van der Waals surface area contributed by atoms with Crippen LogP contribution in [0.15, 0.2) is 0 Å². The highest BCUT2D eigenvalue weighted by Crippen LogP contribution is 2.40. The first-order chi connectivity index (χ1) is 9.60. The van der Waals surface area contributed by atoms with E-state index < -0.39 is 24.2 Å². The third-order valence-corrected chi connectivity index (χ3v) is 3.68.